The fraction of sp³-hybridized carbons (Fsp3) is 0.368. The summed E-state index contributed by atoms with van der Waals surface area (Å²) in [4.78, 5) is 16.6. The van der Waals surface area contributed by atoms with Gasteiger partial charge in [0.25, 0.3) is 0 Å². The number of thioether (sulfide) groups is 1. The number of piperazine rings is 1. The molecule has 0 aliphatic carbocycles. The van der Waals surface area contributed by atoms with Gasteiger partial charge < -0.3 is 24.4 Å². The van der Waals surface area contributed by atoms with Crippen LogP contribution < -0.4 is 19.9 Å². The van der Waals surface area contributed by atoms with Gasteiger partial charge in [-0.1, -0.05) is 28.3 Å². The third-order valence-electron chi connectivity index (χ3n) is 4.61. The van der Waals surface area contributed by atoms with E-state index in [0.717, 1.165) is 41.4 Å². The Hall–Kier alpha value is -2.79. The summed E-state index contributed by atoms with van der Waals surface area (Å²) in [5.74, 6) is 2.02. The predicted molar refractivity (Wildman–Crippen MR) is 118 cm³/mol. The average molecular weight is 447 g/mol. The molecular weight excluding hydrogens is 424 g/mol. The van der Waals surface area contributed by atoms with Crippen molar-refractivity contribution in [1.29, 1.82) is 0 Å². The van der Waals surface area contributed by atoms with Crippen LogP contribution in [0.3, 0.4) is 0 Å². The van der Waals surface area contributed by atoms with Crippen LogP contribution >= 0.6 is 23.1 Å². The molecule has 0 bridgehead atoms. The minimum Gasteiger partial charge on any atom is -0.497 e. The molecule has 1 aromatic carbocycles. The lowest BCUT2D eigenvalue weighted by Gasteiger charge is -2.35. The molecule has 158 valence electrons. The summed E-state index contributed by atoms with van der Waals surface area (Å²) in [6, 6.07) is 9.81. The summed E-state index contributed by atoms with van der Waals surface area (Å²) in [6.45, 7) is 5.34. The predicted octanol–water partition coefficient (Wildman–Crippen LogP) is 2.90. The summed E-state index contributed by atoms with van der Waals surface area (Å²) in [5, 5.41) is 15.9. The van der Waals surface area contributed by atoms with E-state index in [1.807, 2.05) is 12.1 Å². The van der Waals surface area contributed by atoms with E-state index in [-0.39, 0.29) is 11.7 Å². The maximum atomic E-state index is 12.0. The summed E-state index contributed by atoms with van der Waals surface area (Å²) >= 11 is 2.88. The molecule has 0 spiro atoms. The smallest absolute Gasteiger partial charge is 0.236 e. The fourth-order valence-corrected chi connectivity index (χ4v) is 4.76. The van der Waals surface area contributed by atoms with Gasteiger partial charge in [-0.25, -0.2) is 0 Å². The number of hydrogen-bond donors (Lipinski definition) is 1. The number of carbonyl (C=O) groups excluding carboxylic acids is 1. The third kappa shape index (κ3) is 5.03. The molecule has 30 heavy (non-hydrogen) atoms. The van der Waals surface area contributed by atoms with Crippen molar-refractivity contribution >= 4 is 45.6 Å². The van der Waals surface area contributed by atoms with Crippen molar-refractivity contribution in [2.45, 2.75) is 11.3 Å². The Labute approximate surface area is 182 Å². The molecular formula is C19H22N6O3S2. The maximum Gasteiger partial charge on any atom is 0.236 e. The molecule has 1 N–H and O–H groups in total. The average Bonchev–Trinajstić information content (AvgIpc) is 3.41. The normalized spacial score (nSPS) is 14.1. The highest BCUT2D eigenvalue weighted by molar-refractivity contribution is 8.01. The van der Waals surface area contributed by atoms with E-state index in [2.05, 4.69) is 42.6 Å². The van der Waals surface area contributed by atoms with Gasteiger partial charge in [-0.15, -0.1) is 10.2 Å². The van der Waals surface area contributed by atoms with Crippen LogP contribution in [0.1, 0.15) is 5.76 Å². The van der Waals surface area contributed by atoms with Gasteiger partial charge >= 0.3 is 0 Å². The number of amides is 1. The van der Waals surface area contributed by atoms with Crippen LogP contribution in [-0.2, 0) is 4.79 Å². The first kappa shape index (κ1) is 20.5. The number of anilines is 3. The molecule has 1 amide bonds. The first-order chi connectivity index (χ1) is 14.6. The van der Waals surface area contributed by atoms with Gasteiger partial charge in [-0.2, -0.15) is 0 Å². The first-order valence-corrected chi connectivity index (χ1v) is 11.2. The molecule has 1 fully saturated rings. The molecule has 3 aromatic rings. The molecule has 0 saturated carbocycles. The fourth-order valence-electron chi connectivity index (χ4n) is 3.07. The number of aryl methyl sites for hydroxylation is 1. The van der Waals surface area contributed by atoms with Crippen LogP contribution in [0.15, 0.2) is 39.2 Å². The molecule has 0 radical (unpaired) electrons. The molecule has 2 aromatic heterocycles. The minimum atomic E-state index is -0.154. The van der Waals surface area contributed by atoms with E-state index in [0.29, 0.717) is 11.6 Å². The lowest BCUT2D eigenvalue weighted by Crippen LogP contribution is -2.46. The van der Waals surface area contributed by atoms with E-state index < -0.39 is 0 Å². The summed E-state index contributed by atoms with van der Waals surface area (Å²) in [6.07, 6.45) is 0. The highest BCUT2D eigenvalue weighted by Gasteiger charge is 2.21. The number of nitrogens with one attached hydrogen (secondary N) is 1. The van der Waals surface area contributed by atoms with Crippen molar-refractivity contribution in [2.75, 3.05) is 54.2 Å². The van der Waals surface area contributed by atoms with Crippen molar-refractivity contribution in [3.63, 3.8) is 0 Å². The van der Waals surface area contributed by atoms with Gasteiger partial charge in [0.15, 0.2) is 10.2 Å². The Kier molecular flexibility index (Phi) is 6.38. The second-order valence-corrected chi connectivity index (χ2v) is 8.86. The number of benzene rings is 1. The van der Waals surface area contributed by atoms with Gasteiger partial charge in [-0.05, 0) is 31.2 Å². The van der Waals surface area contributed by atoms with Crippen molar-refractivity contribution in [3.8, 4) is 5.75 Å². The van der Waals surface area contributed by atoms with Crippen LogP contribution in [-0.4, -0.2) is 60.3 Å². The van der Waals surface area contributed by atoms with E-state index in [9.17, 15) is 4.79 Å². The SMILES string of the molecule is COc1ccc(N2CCN(c3nnc(SCC(=O)Nc4cc(C)on4)s3)CC2)cc1. The van der Waals surface area contributed by atoms with Gasteiger partial charge in [0.2, 0.25) is 11.0 Å². The summed E-state index contributed by atoms with van der Waals surface area (Å²) in [7, 11) is 1.67. The topological polar surface area (TPSA) is 96.6 Å². The largest absolute Gasteiger partial charge is 0.497 e. The molecule has 3 heterocycles. The Bertz CT molecular complexity index is 982. The number of ether oxygens (including phenoxy) is 1. The number of aromatic nitrogens is 3. The third-order valence-corrected chi connectivity index (χ3v) is 6.72. The maximum absolute atomic E-state index is 12.0. The quantitative estimate of drug-likeness (QED) is 0.550. The van der Waals surface area contributed by atoms with Gasteiger partial charge in [0, 0.05) is 37.9 Å². The Morgan fingerprint density at radius 3 is 2.60 bits per heavy atom. The molecule has 1 saturated heterocycles. The lowest BCUT2D eigenvalue weighted by molar-refractivity contribution is -0.113. The van der Waals surface area contributed by atoms with Crippen LogP contribution in [0.5, 0.6) is 5.75 Å². The lowest BCUT2D eigenvalue weighted by atomic mass is 10.2. The van der Waals surface area contributed by atoms with Crippen molar-refractivity contribution in [2.24, 2.45) is 0 Å². The Morgan fingerprint density at radius 1 is 1.20 bits per heavy atom. The number of methoxy groups -OCH3 is 1. The molecule has 4 rings (SSSR count). The van der Waals surface area contributed by atoms with Crippen molar-refractivity contribution in [1.82, 2.24) is 15.4 Å². The molecule has 0 unspecified atom stereocenters. The highest BCUT2D eigenvalue weighted by atomic mass is 32.2. The van der Waals surface area contributed by atoms with E-state index in [1.54, 1.807) is 20.1 Å². The zero-order valence-corrected chi connectivity index (χ0v) is 18.3. The Morgan fingerprint density at radius 2 is 1.93 bits per heavy atom. The monoisotopic (exact) mass is 446 g/mol. The summed E-state index contributed by atoms with van der Waals surface area (Å²) < 4.78 is 10.9. The highest BCUT2D eigenvalue weighted by Crippen LogP contribution is 2.29. The number of rotatable bonds is 7. The van der Waals surface area contributed by atoms with Gasteiger partial charge in [0.05, 0.1) is 12.9 Å². The second-order valence-electron chi connectivity index (χ2n) is 6.68. The molecule has 9 nitrogen and oxygen atoms in total. The van der Waals surface area contributed by atoms with Crippen LogP contribution in [0.2, 0.25) is 0 Å². The molecule has 1 aliphatic rings. The number of nitrogens with zero attached hydrogens (tertiary/aromatic N) is 5. The minimum absolute atomic E-state index is 0.154. The van der Waals surface area contributed by atoms with Crippen molar-refractivity contribution in [3.05, 3.63) is 36.1 Å². The zero-order valence-electron chi connectivity index (χ0n) is 16.7. The molecule has 1 aliphatic heterocycles. The van der Waals surface area contributed by atoms with Crippen molar-refractivity contribution < 1.29 is 14.1 Å². The van der Waals surface area contributed by atoms with E-state index >= 15 is 0 Å². The molecule has 11 heteroatoms. The van der Waals surface area contributed by atoms with Crippen LogP contribution in [0, 0.1) is 6.92 Å². The standard InChI is InChI=1S/C19H22N6O3S2/c1-13-11-16(23-28-13)20-17(26)12-29-19-22-21-18(30-19)25-9-7-24(8-10-25)14-3-5-15(27-2)6-4-14/h3-6,11H,7-10,12H2,1-2H3,(H,20,23,26). The number of hydrogen-bond acceptors (Lipinski definition) is 10. The molecule has 0 atom stereocenters. The Balaban J connectivity index is 1.25. The van der Waals surface area contributed by atoms with E-state index in [1.165, 1.54) is 28.8 Å². The first-order valence-electron chi connectivity index (χ1n) is 9.44. The van der Waals surface area contributed by atoms with Crippen LogP contribution in [0.25, 0.3) is 0 Å². The van der Waals surface area contributed by atoms with Crippen LogP contribution in [0.4, 0.5) is 16.6 Å². The van der Waals surface area contributed by atoms with E-state index in [4.69, 9.17) is 9.26 Å². The zero-order chi connectivity index (χ0) is 20.9. The van der Waals surface area contributed by atoms with Gasteiger partial charge in [-0.3, -0.25) is 4.79 Å². The summed E-state index contributed by atoms with van der Waals surface area (Å²) in [5.41, 5.74) is 1.19. The second kappa shape index (κ2) is 9.35. The number of carbonyl (C=O) groups is 1. The van der Waals surface area contributed by atoms with Gasteiger partial charge in [0.1, 0.15) is 11.5 Å².